The Hall–Kier alpha value is -3.44. The van der Waals surface area contributed by atoms with Crippen LogP contribution in [0.3, 0.4) is 0 Å². The fourth-order valence-corrected chi connectivity index (χ4v) is 4.47. The van der Waals surface area contributed by atoms with Crippen LogP contribution in [0.5, 0.6) is 0 Å². The minimum absolute atomic E-state index is 0.0607. The van der Waals surface area contributed by atoms with Crippen molar-refractivity contribution in [1.29, 1.82) is 0 Å². The molecule has 5 rings (SSSR count). The van der Waals surface area contributed by atoms with Gasteiger partial charge in [-0.1, -0.05) is 24.3 Å². The number of amides is 1. The number of aromatic nitrogens is 2. The van der Waals surface area contributed by atoms with E-state index in [0.717, 1.165) is 40.4 Å². The molecule has 1 amide bonds. The highest BCUT2D eigenvalue weighted by molar-refractivity contribution is 6.07. The zero-order chi connectivity index (χ0) is 25.9. The lowest BCUT2D eigenvalue weighted by atomic mass is 9.84. The van der Waals surface area contributed by atoms with Crippen LogP contribution in [-0.4, -0.2) is 69.4 Å². The largest absolute Gasteiger partial charge is 0.490 e. The molecule has 36 heavy (non-hydrogen) atoms. The Labute approximate surface area is 205 Å². The Balaban J connectivity index is 0.000000384. The van der Waals surface area contributed by atoms with Crippen LogP contribution in [0.15, 0.2) is 48.9 Å². The lowest BCUT2D eigenvalue weighted by Gasteiger charge is -2.53. The Morgan fingerprint density at radius 2 is 2.00 bits per heavy atom. The number of pyridine rings is 1. The molecule has 2 fully saturated rings. The predicted molar refractivity (Wildman–Crippen MR) is 123 cm³/mol. The number of ether oxygens (including phenoxy) is 2. The lowest BCUT2D eigenvalue weighted by molar-refractivity contribution is -0.192. The van der Waals surface area contributed by atoms with Gasteiger partial charge in [-0.25, -0.2) is 4.79 Å². The van der Waals surface area contributed by atoms with Crippen LogP contribution in [-0.2, 0) is 20.9 Å². The molecule has 3 aromatic rings. The summed E-state index contributed by atoms with van der Waals surface area (Å²) in [7, 11) is 0. The number of aliphatic carboxylic acids is 1. The Morgan fingerprint density at radius 3 is 2.69 bits per heavy atom. The molecule has 1 aromatic carbocycles. The van der Waals surface area contributed by atoms with Crippen molar-refractivity contribution < 1.29 is 37.3 Å². The van der Waals surface area contributed by atoms with Crippen molar-refractivity contribution in [1.82, 2.24) is 14.9 Å². The molecule has 2 aliphatic heterocycles. The second kappa shape index (κ2) is 10.3. The topological polar surface area (TPSA) is 105 Å². The number of H-pyrrole nitrogens is 1. The summed E-state index contributed by atoms with van der Waals surface area (Å²) in [6, 6.07) is 10.00. The quantitative estimate of drug-likeness (QED) is 0.554. The smallest absolute Gasteiger partial charge is 0.475 e. The average molecular weight is 505 g/mol. The van der Waals surface area contributed by atoms with Gasteiger partial charge in [0.1, 0.15) is 5.60 Å². The highest BCUT2D eigenvalue weighted by Crippen LogP contribution is 2.37. The van der Waals surface area contributed by atoms with Gasteiger partial charge in [0.25, 0.3) is 5.91 Å². The molecular weight excluding hydrogens is 479 g/mol. The van der Waals surface area contributed by atoms with Gasteiger partial charge in [0.15, 0.2) is 0 Å². The Morgan fingerprint density at radius 1 is 1.28 bits per heavy atom. The van der Waals surface area contributed by atoms with Gasteiger partial charge in [0.05, 0.1) is 31.4 Å². The highest BCUT2D eigenvalue weighted by atomic mass is 19.4. The Kier molecular flexibility index (Phi) is 7.32. The second-order valence-electron chi connectivity index (χ2n) is 9.04. The summed E-state index contributed by atoms with van der Waals surface area (Å²) < 4.78 is 44.0. The van der Waals surface area contributed by atoms with Crippen molar-refractivity contribution in [2.45, 2.75) is 44.3 Å². The molecule has 1 spiro atoms. The van der Waals surface area contributed by atoms with Crippen LogP contribution in [0.2, 0.25) is 0 Å². The molecule has 4 heterocycles. The van der Waals surface area contributed by atoms with E-state index in [1.807, 2.05) is 54.7 Å². The van der Waals surface area contributed by atoms with Crippen LogP contribution < -0.4 is 0 Å². The van der Waals surface area contributed by atoms with E-state index in [4.69, 9.17) is 19.4 Å². The first-order chi connectivity index (χ1) is 17.1. The molecule has 1 atom stereocenters. The number of para-hydroxylation sites is 1. The molecule has 2 N–H and O–H groups in total. The number of alkyl halides is 3. The van der Waals surface area contributed by atoms with Crippen molar-refractivity contribution in [2.24, 2.45) is 0 Å². The van der Waals surface area contributed by atoms with E-state index in [2.05, 4.69) is 16.0 Å². The summed E-state index contributed by atoms with van der Waals surface area (Å²) in [5, 5.41) is 8.09. The van der Waals surface area contributed by atoms with Gasteiger partial charge >= 0.3 is 12.1 Å². The van der Waals surface area contributed by atoms with Crippen LogP contribution in [0.1, 0.15) is 34.3 Å². The number of fused-ring (bicyclic) bond motifs is 1. The number of rotatable bonds is 4. The van der Waals surface area contributed by atoms with E-state index in [9.17, 15) is 18.0 Å². The number of aromatic amines is 1. The van der Waals surface area contributed by atoms with Gasteiger partial charge in [-0.15, -0.1) is 0 Å². The number of nitrogens with zero attached hydrogens (tertiary/aromatic N) is 2. The molecule has 1 unspecified atom stereocenters. The SMILES string of the molecule is Cc1cncc(COC2CCOC3(C2)CN(C(=O)c2c[nH]c4ccccc24)C3)c1.O=C(O)C(F)(F)F. The number of hydrogen-bond donors (Lipinski definition) is 2. The number of carboxylic acid groups (broad SMARTS) is 1. The number of carboxylic acids is 1. The summed E-state index contributed by atoms with van der Waals surface area (Å²) in [5.74, 6) is -2.70. The summed E-state index contributed by atoms with van der Waals surface area (Å²) in [6.45, 7) is 4.52. The monoisotopic (exact) mass is 505 g/mol. The minimum Gasteiger partial charge on any atom is -0.475 e. The molecule has 0 bridgehead atoms. The molecule has 2 aromatic heterocycles. The van der Waals surface area contributed by atoms with Crippen LogP contribution in [0, 0.1) is 6.92 Å². The number of carbonyl (C=O) groups excluding carboxylic acids is 1. The van der Waals surface area contributed by atoms with E-state index in [0.29, 0.717) is 26.3 Å². The van der Waals surface area contributed by atoms with Gasteiger partial charge in [0.2, 0.25) is 0 Å². The van der Waals surface area contributed by atoms with Gasteiger partial charge in [-0.3, -0.25) is 9.78 Å². The number of halogens is 3. The van der Waals surface area contributed by atoms with E-state index in [1.54, 1.807) is 0 Å². The maximum absolute atomic E-state index is 13.0. The molecule has 11 heteroatoms. The first kappa shape index (κ1) is 25.6. The van der Waals surface area contributed by atoms with Crippen molar-refractivity contribution in [3.8, 4) is 0 Å². The molecule has 0 saturated carbocycles. The number of likely N-dealkylation sites (tertiary alicyclic amines) is 1. The fourth-order valence-electron chi connectivity index (χ4n) is 4.47. The number of aryl methyl sites for hydroxylation is 1. The maximum atomic E-state index is 13.0. The van der Waals surface area contributed by atoms with Gasteiger partial charge < -0.3 is 24.5 Å². The Bertz CT molecular complexity index is 1240. The number of hydrogen-bond acceptors (Lipinski definition) is 5. The zero-order valence-electron chi connectivity index (χ0n) is 19.5. The summed E-state index contributed by atoms with van der Waals surface area (Å²) in [4.78, 5) is 31.1. The normalized spacial score (nSPS) is 18.9. The van der Waals surface area contributed by atoms with Gasteiger partial charge in [-0.2, -0.15) is 13.2 Å². The van der Waals surface area contributed by atoms with Gasteiger partial charge in [-0.05, 0) is 30.5 Å². The molecule has 2 aliphatic rings. The molecule has 0 radical (unpaired) electrons. The third kappa shape index (κ3) is 5.85. The van der Waals surface area contributed by atoms with Crippen LogP contribution >= 0.6 is 0 Å². The highest BCUT2D eigenvalue weighted by Gasteiger charge is 2.50. The van der Waals surface area contributed by atoms with E-state index >= 15 is 0 Å². The standard InChI is InChI=1S/C23H25N3O3.C2HF3O2/c1-16-8-17(11-24-10-16)13-28-18-6-7-29-23(9-18)14-26(15-23)22(27)20-12-25-21-5-3-2-4-19(20)21;3-2(4,5)1(6)7/h2-5,8,10-12,18,25H,6-7,9,13-15H2,1H3;(H,6,7). The number of carbonyl (C=O) groups is 2. The number of benzene rings is 1. The second-order valence-corrected chi connectivity index (χ2v) is 9.04. The van der Waals surface area contributed by atoms with Crippen molar-refractivity contribution in [2.75, 3.05) is 19.7 Å². The molecule has 192 valence electrons. The third-order valence-corrected chi connectivity index (χ3v) is 6.17. The lowest BCUT2D eigenvalue weighted by Crippen LogP contribution is -2.67. The summed E-state index contributed by atoms with van der Waals surface area (Å²) in [5.41, 5.74) is 3.68. The van der Waals surface area contributed by atoms with E-state index < -0.39 is 12.1 Å². The maximum Gasteiger partial charge on any atom is 0.490 e. The van der Waals surface area contributed by atoms with E-state index in [1.165, 1.54) is 0 Å². The van der Waals surface area contributed by atoms with Crippen LogP contribution in [0.4, 0.5) is 13.2 Å². The summed E-state index contributed by atoms with van der Waals surface area (Å²) >= 11 is 0. The zero-order valence-corrected chi connectivity index (χ0v) is 19.5. The molecular formula is C25H26F3N3O5. The van der Waals surface area contributed by atoms with Crippen molar-refractivity contribution in [3.63, 3.8) is 0 Å². The van der Waals surface area contributed by atoms with Gasteiger partial charge in [0, 0.05) is 42.5 Å². The molecule has 8 nitrogen and oxygen atoms in total. The first-order valence-corrected chi connectivity index (χ1v) is 11.4. The fraction of sp³-hybridized carbons (Fsp3) is 0.400. The average Bonchev–Trinajstić information content (AvgIpc) is 3.25. The molecule has 0 aliphatic carbocycles. The summed E-state index contributed by atoms with van der Waals surface area (Å²) in [6.07, 6.45) is 2.28. The molecule has 2 saturated heterocycles. The third-order valence-electron chi connectivity index (χ3n) is 6.17. The van der Waals surface area contributed by atoms with E-state index in [-0.39, 0.29) is 17.6 Å². The van der Waals surface area contributed by atoms with Crippen LogP contribution in [0.25, 0.3) is 10.9 Å². The number of nitrogens with one attached hydrogen (secondary N) is 1. The predicted octanol–water partition coefficient (Wildman–Crippen LogP) is 4.10. The first-order valence-electron chi connectivity index (χ1n) is 11.4. The van der Waals surface area contributed by atoms with Crippen molar-refractivity contribution >= 4 is 22.8 Å². The minimum atomic E-state index is -5.08. The van der Waals surface area contributed by atoms with Crippen molar-refractivity contribution in [3.05, 3.63) is 65.6 Å².